The van der Waals surface area contributed by atoms with E-state index in [-0.39, 0.29) is 0 Å². The fourth-order valence-corrected chi connectivity index (χ4v) is 2.60. The van der Waals surface area contributed by atoms with Crippen molar-refractivity contribution >= 4 is 0 Å². The maximum Gasteiger partial charge on any atom is 0.0150 e. The smallest absolute Gasteiger partial charge is 0.0150 e. The highest BCUT2D eigenvalue weighted by molar-refractivity contribution is 5.33. The summed E-state index contributed by atoms with van der Waals surface area (Å²) in [6.45, 7) is 4.55. The summed E-state index contributed by atoms with van der Waals surface area (Å²) in [5.41, 5.74) is 3.08. The number of hydrogen-bond acceptors (Lipinski definition) is 1. The highest BCUT2D eigenvalue weighted by atomic mass is 14.9. The minimum atomic E-state index is 0.661. The number of fused-ring (bicyclic) bond motifs is 1. The second kappa shape index (κ2) is 4.80. The number of hydrogen-bond donors (Lipinski definition) is 1. The molecular weight excluding hydrogens is 182 g/mol. The van der Waals surface area contributed by atoms with Crippen LogP contribution < -0.4 is 5.32 Å². The van der Waals surface area contributed by atoms with Crippen molar-refractivity contribution in [2.45, 2.75) is 51.6 Å². The van der Waals surface area contributed by atoms with E-state index in [1.165, 1.54) is 25.7 Å². The molecular formula is C14H21N. The molecule has 1 aliphatic rings. The second-order valence-corrected chi connectivity index (χ2v) is 4.73. The molecule has 1 aromatic carbocycles. The molecule has 0 radical (unpaired) electrons. The fraction of sp³-hybridized carbons (Fsp3) is 0.571. The van der Waals surface area contributed by atoms with Crippen molar-refractivity contribution in [3.05, 3.63) is 35.4 Å². The maximum absolute atomic E-state index is 3.73. The Bertz CT molecular complexity index is 294. The van der Waals surface area contributed by atoms with Crippen LogP contribution in [0.1, 0.15) is 37.8 Å². The third-order valence-electron chi connectivity index (χ3n) is 3.29. The lowest BCUT2D eigenvalue weighted by Gasteiger charge is -2.18. The van der Waals surface area contributed by atoms with Gasteiger partial charge in [-0.25, -0.2) is 0 Å². The molecule has 0 aliphatic heterocycles. The van der Waals surface area contributed by atoms with Crippen molar-refractivity contribution in [2.24, 2.45) is 0 Å². The third kappa shape index (κ3) is 2.60. The average Bonchev–Trinajstić information content (AvgIpc) is 2.59. The van der Waals surface area contributed by atoms with Crippen LogP contribution in [0.25, 0.3) is 0 Å². The molecule has 0 heterocycles. The molecule has 1 nitrogen and oxygen atoms in total. The summed E-state index contributed by atoms with van der Waals surface area (Å²) in [6.07, 6.45) is 4.98. The van der Waals surface area contributed by atoms with E-state index in [0.717, 1.165) is 0 Å². The number of nitrogens with one attached hydrogen (secondary N) is 1. The molecule has 0 fully saturated rings. The summed E-state index contributed by atoms with van der Waals surface area (Å²) in [6, 6.07) is 10.2. The summed E-state index contributed by atoms with van der Waals surface area (Å²) < 4.78 is 0. The fourth-order valence-electron chi connectivity index (χ4n) is 2.60. The Hall–Kier alpha value is -0.820. The minimum absolute atomic E-state index is 0.661. The van der Waals surface area contributed by atoms with Crippen LogP contribution >= 0.6 is 0 Å². The summed E-state index contributed by atoms with van der Waals surface area (Å²) >= 11 is 0. The summed E-state index contributed by atoms with van der Waals surface area (Å²) in [7, 11) is 0. The molecule has 1 N–H and O–H groups in total. The number of rotatable bonds is 4. The Labute approximate surface area is 92.9 Å². The van der Waals surface area contributed by atoms with Crippen molar-refractivity contribution in [1.29, 1.82) is 0 Å². The first kappa shape index (κ1) is 10.7. The van der Waals surface area contributed by atoms with Gasteiger partial charge in [-0.3, -0.25) is 0 Å². The Morgan fingerprint density at radius 1 is 1.27 bits per heavy atom. The number of benzene rings is 1. The first-order valence-corrected chi connectivity index (χ1v) is 6.12. The zero-order valence-electron chi connectivity index (χ0n) is 9.79. The molecule has 1 aliphatic carbocycles. The van der Waals surface area contributed by atoms with Gasteiger partial charge in [-0.2, -0.15) is 0 Å². The maximum atomic E-state index is 3.73. The van der Waals surface area contributed by atoms with Gasteiger partial charge >= 0.3 is 0 Å². The Kier molecular flexibility index (Phi) is 3.42. The van der Waals surface area contributed by atoms with Crippen molar-refractivity contribution in [2.75, 3.05) is 0 Å². The van der Waals surface area contributed by atoms with Gasteiger partial charge in [0.05, 0.1) is 0 Å². The predicted molar refractivity (Wildman–Crippen MR) is 65.1 cm³/mol. The molecule has 0 spiro atoms. The lowest BCUT2D eigenvalue weighted by molar-refractivity contribution is 0.433. The van der Waals surface area contributed by atoms with Crippen LogP contribution in [-0.2, 0) is 12.8 Å². The zero-order valence-corrected chi connectivity index (χ0v) is 9.79. The molecule has 0 bridgehead atoms. The SMILES string of the molecule is CCC[C@H](C)NC1Cc2ccccc2C1. The first-order chi connectivity index (χ1) is 7.29. The molecule has 0 saturated heterocycles. The van der Waals surface area contributed by atoms with Crippen molar-refractivity contribution in [3.63, 3.8) is 0 Å². The highest BCUT2D eigenvalue weighted by Crippen LogP contribution is 2.22. The summed E-state index contributed by atoms with van der Waals surface area (Å²) in [5.74, 6) is 0. The Morgan fingerprint density at radius 3 is 2.40 bits per heavy atom. The molecule has 1 heteroatoms. The van der Waals surface area contributed by atoms with E-state index >= 15 is 0 Å². The van der Waals surface area contributed by atoms with E-state index < -0.39 is 0 Å². The second-order valence-electron chi connectivity index (χ2n) is 4.73. The van der Waals surface area contributed by atoms with Gasteiger partial charge in [-0.1, -0.05) is 37.6 Å². The Balaban J connectivity index is 1.90. The van der Waals surface area contributed by atoms with Crippen LogP contribution in [0, 0.1) is 0 Å². The normalized spacial score (nSPS) is 17.7. The van der Waals surface area contributed by atoms with Crippen LogP contribution in [0.2, 0.25) is 0 Å². The summed E-state index contributed by atoms with van der Waals surface area (Å²) in [5, 5.41) is 3.73. The lowest BCUT2D eigenvalue weighted by atomic mass is 10.1. The van der Waals surface area contributed by atoms with E-state index in [2.05, 4.69) is 43.4 Å². The van der Waals surface area contributed by atoms with Crippen LogP contribution in [-0.4, -0.2) is 12.1 Å². The molecule has 2 rings (SSSR count). The molecule has 82 valence electrons. The Morgan fingerprint density at radius 2 is 1.87 bits per heavy atom. The van der Waals surface area contributed by atoms with E-state index in [1.807, 2.05) is 0 Å². The first-order valence-electron chi connectivity index (χ1n) is 6.12. The average molecular weight is 203 g/mol. The van der Waals surface area contributed by atoms with Gasteiger partial charge in [0.1, 0.15) is 0 Å². The minimum Gasteiger partial charge on any atom is -0.311 e. The van der Waals surface area contributed by atoms with Gasteiger partial charge in [-0.05, 0) is 37.3 Å². The van der Waals surface area contributed by atoms with E-state index in [9.17, 15) is 0 Å². The van der Waals surface area contributed by atoms with Gasteiger partial charge in [0.25, 0.3) is 0 Å². The molecule has 1 aromatic rings. The lowest BCUT2D eigenvalue weighted by Crippen LogP contribution is -2.36. The summed E-state index contributed by atoms with van der Waals surface area (Å²) in [4.78, 5) is 0. The highest BCUT2D eigenvalue weighted by Gasteiger charge is 2.21. The van der Waals surface area contributed by atoms with Gasteiger partial charge in [0.2, 0.25) is 0 Å². The van der Waals surface area contributed by atoms with E-state index in [0.29, 0.717) is 12.1 Å². The predicted octanol–water partition coefficient (Wildman–Crippen LogP) is 2.93. The molecule has 0 unspecified atom stereocenters. The quantitative estimate of drug-likeness (QED) is 0.793. The standard InChI is InChI=1S/C14H21N/c1-3-6-11(2)15-14-9-12-7-4-5-8-13(12)10-14/h4-5,7-8,11,14-15H,3,6,9-10H2,1-2H3/t11-/m0/s1. The third-order valence-corrected chi connectivity index (χ3v) is 3.29. The van der Waals surface area contributed by atoms with Crippen LogP contribution in [0.4, 0.5) is 0 Å². The van der Waals surface area contributed by atoms with Crippen LogP contribution in [0.5, 0.6) is 0 Å². The van der Waals surface area contributed by atoms with Crippen LogP contribution in [0.3, 0.4) is 0 Å². The van der Waals surface area contributed by atoms with Gasteiger partial charge in [0, 0.05) is 12.1 Å². The molecule has 0 saturated carbocycles. The molecule has 1 atom stereocenters. The molecule has 15 heavy (non-hydrogen) atoms. The van der Waals surface area contributed by atoms with Gasteiger partial charge in [-0.15, -0.1) is 0 Å². The largest absolute Gasteiger partial charge is 0.311 e. The van der Waals surface area contributed by atoms with Crippen LogP contribution in [0.15, 0.2) is 24.3 Å². The van der Waals surface area contributed by atoms with Gasteiger partial charge in [0.15, 0.2) is 0 Å². The van der Waals surface area contributed by atoms with Crippen molar-refractivity contribution < 1.29 is 0 Å². The van der Waals surface area contributed by atoms with Gasteiger partial charge < -0.3 is 5.32 Å². The van der Waals surface area contributed by atoms with Crippen molar-refractivity contribution in [1.82, 2.24) is 5.32 Å². The van der Waals surface area contributed by atoms with E-state index in [1.54, 1.807) is 11.1 Å². The zero-order chi connectivity index (χ0) is 10.7. The topological polar surface area (TPSA) is 12.0 Å². The van der Waals surface area contributed by atoms with Crippen molar-refractivity contribution in [3.8, 4) is 0 Å². The van der Waals surface area contributed by atoms with E-state index in [4.69, 9.17) is 0 Å². The molecule has 0 aromatic heterocycles. The molecule has 0 amide bonds. The monoisotopic (exact) mass is 203 g/mol.